The number of rotatable bonds is 9. The number of aromatic nitrogens is 7. The Morgan fingerprint density at radius 2 is 1.92 bits per heavy atom. The topological polar surface area (TPSA) is 104 Å². The van der Waals surface area contributed by atoms with Gasteiger partial charge < -0.3 is 4.74 Å². The summed E-state index contributed by atoms with van der Waals surface area (Å²) in [5.41, 5.74) is 5.08. The Balaban J connectivity index is 1.50. The highest BCUT2D eigenvalue weighted by atomic mass is 35.5. The molecule has 0 saturated heterocycles. The zero-order valence-corrected chi connectivity index (χ0v) is 21.3. The van der Waals surface area contributed by atoms with E-state index in [1.54, 1.807) is 42.3 Å². The Bertz CT molecular complexity index is 1560. The van der Waals surface area contributed by atoms with E-state index < -0.39 is 0 Å². The van der Waals surface area contributed by atoms with Gasteiger partial charge in [-0.05, 0) is 52.6 Å². The first-order chi connectivity index (χ1) is 18.1. The molecule has 0 bridgehead atoms. The summed E-state index contributed by atoms with van der Waals surface area (Å²) in [7, 11) is 1.57. The van der Waals surface area contributed by atoms with Gasteiger partial charge in [0.2, 0.25) is 0 Å². The number of methoxy groups -OCH3 is 1. The number of imidazole rings is 1. The molecule has 0 atom stereocenters. The molecule has 3 heterocycles. The van der Waals surface area contributed by atoms with Crippen LogP contribution in [0.4, 0.5) is 0 Å². The van der Waals surface area contributed by atoms with E-state index in [1.165, 1.54) is 0 Å². The maximum absolute atomic E-state index is 13.6. The van der Waals surface area contributed by atoms with Crippen molar-refractivity contribution in [2.75, 3.05) is 7.11 Å². The number of halogens is 1. The van der Waals surface area contributed by atoms with Gasteiger partial charge in [0.25, 0.3) is 0 Å². The second-order valence-electron chi connectivity index (χ2n) is 8.62. The number of pyridine rings is 1. The molecule has 9 nitrogen and oxygen atoms in total. The molecule has 5 aromatic rings. The molecule has 0 aliphatic carbocycles. The number of aryl methyl sites for hydroxylation is 1. The van der Waals surface area contributed by atoms with Crippen molar-refractivity contribution in [2.24, 2.45) is 0 Å². The molecular formula is C27H26ClN7O2. The maximum atomic E-state index is 13.6. The van der Waals surface area contributed by atoms with Crippen LogP contribution in [-0.4, -0.2) is 41.9 Å². The summed E-state index contributed by atoms with van der Waals surface area (Å²) in [6.45, 7) is 2.57. The third kappa shape index (κ3) is 4.90. The van der Waals surface area contributed by atoms with Crippen molar-refractivity contribution >= 4 is 11.6 Å². The zero-order valence-electron chi connectivity index (χ0n) is 20.6. The Labute approximate surface area is 218 Å². The second kappa shape index (κ2) is 10.8. The summed E-state index contributed by atoms with van der Waals surface area (Å²) in [6.07, 6.45) is 8.16. The van der Waals surface area contributed by atoms with Gasteiger partial charge in [-0.15, -0.1) is 5.10 Å². The predicted octanol–water partition coefficient (Wildman–Crippen LogP) is 4.93. The third-order valence-electron chi connectivity index (χ3n) is 6.29. The summed E-state index contributed by atoms with van der Waals surface area (Å²) >= 11 is 6.50. The molecule has 0 amide bonds. The minimum absolute atomic E-state index is 0.158. The zero-order chi connectivity index (χ0) is 25.8. The molecule has 0 aliphatic rings. The van der Waals surface area contributed by atoms with Crippen molar-refractivity contribution in [1.82, 2.24) is 34.7 Å². The molecule has 188 valence electrons. The van der Waals surface area contributed by atoms with Crippen molar-refractivity contribution in [3.63, 3.8) is 0 Å². The van der Waals surface area contributed by atoms with Crippen molar-refractivity contribution in [1.29, 1.82) is 0 Å². The minimum Gasteiger partial charge on any atom is -0.494 e. The van der Waals surface area contributed by atoms with Crippen LogP contribution in [0.5, 0.6) is 5.75 Å². The first-order valence-corrected chi connectivity index (χ1v) is 12.4. The van der Waals surface area contributed by atoms with Gasteiger partial charge in [-0.3, -0.25) is 14.1 Å². The summed E-state index contributed by atoms with van der Waals surface area (Å²) in [5.74, 6) is 1.12. The molecule has 0 radical (unpaired) electrons. The van der Waals surface area contributed by atoms with Gasteiger partial charge in [0.15, 0.2) is 5.82 Å². The number of unbranched alkanes of at least 4 members (excludes halogenated alkanes) is 1. The number of nitrogens with zero attached hydrogens (tertiary/aromatic N) is 6. The van der Waals surface area contributed by atoms with Crippen LogP contribution in [0.25, 0.3) is 28.2 Å². The number of benzene rings is 2. The molecule has 37 heavy (non-hydrogen) atoms. The molecule has 0 aliphatic heterocycles. The van der Waals surface area contributed by atoms with E-state index in [0.29, 0.717) is 28.8 Å². The molecule has 0 spiro atoms. The number of hydrogen-bond acceptors (Lipinski definition) is 6. The summed E-state index contributed by atoms with van der Waals surface area (Å²) in [4.78, 5) is 17.9. The molecule has 3 aromatic heterocycles. The SMILES string of the molecule is CCCCc1cn(-c2c(Cl)cccc2OC)c(=O)n1Cc1ccc(-c2cnccc2-c2nnn[nH]2)cc1. The highest BCUT2D eigenvalue weighted by Crippen LogP contribution is 2.31. The van der Waals surface area contributed by atoms with Crippen molar-refractivity contribution < 1.29 is 4.74 Å². The van der Waals surface area contributed by atoms with E-state index in [9.17, 15) is 4.79 Å². The third-order valence-corrected chi connectivity index (χ3v) is 6.59. The number of ether oxygens (including phenoxy) is 1. The summed E-state index contributed by atoms with van der Waals surface area (Å²) in [5, 5.41) is 14.7. The predicted molar refractivity (Wildman–Crippen MR) is 142 cm³/mol. The van der Waals surface area contributed by atoms with Gasteiger partial charge in [-0.25, -0.2) is 9.89 Å². The van der Waals surface area contributed by atoms with Crippen LogP contribution < -0.4 is 10.4 Å². The number of H-pyrrole nitrogens is 1. The fraction of sp³-hybridized carbons (Fsp3) is 0.222. The monoisotopic (exact) mass is 515 g/mol. The van der Waals surface area contributed by atoms with Crippen LogP contribution in [0.15, 0.2) is 71.9 Å². The van der Waals surface area contributed by atoms with E-state index in [2.05, 4.69) is 32.5 Å². The smallest absolute Gasteiger partial charge is 0.333 e. The molecular weight excluding hydrogens is 490 g/mol. The highest BCUT2D eigenvalue weighted by Gasteiger charge is 2.18. The lowest BCUT2D eigenvalue weighted by atomic mass is 10.0. The molecule has 0 fully saturated rings. The molecule has 1 N–H and O–H groups in total. The number of aromatic amines is 1. The Morgan fingerprint density at radius 1 is 1.08 bits per heavy atom. The van der Waals surface area contributed by atoms with Gasteiger partial charge in [0, 0.05) is 35.4 Å². The average Bonchev–Trinajstić information content (AvgIpc) is 3.57. The second-order valence-corrected chi connectivity index (χ2v) is 9.03. The van der Waals surface area contributed by atoms with E-state index in [4.69, 9.17) is 16.3 Å². The molecule has 5 rings (SSSR count). The van der Waals surface area contributed by atoms with Crippen molar-refractivity contribution in [3.8, 4) is 34.0 Å². The van der Waals surface area contributed by atoms with Gasteiger partial charge in [0.1, 0.15) is 11.4 Å². The fourth-order valence-electron chi connectivity index (χ4n) is 4.38. The lowest BCUT2D eigenvalue weighted by Gasteiger charge is -2.11. The molecule has 2 aromatic carbocycles. The van der Waals surface area contributed by atoms with Crippen LogP contribution in [0.1, 0.15) is 31.0 Å². The fourth-order valence-corrected chi connectivity index (χ4v) is 4.64. The van der Waals surface area contributed by atoms with Gasteiger partial charge in [-0.2, -0.15) is 0 Å². The van der Waals surface area contributed by atoms with Crippen molar-refractivity contribution in [2.45, 2.75) is 32.7 Å². The van der Waals surface area contributed by atoms with E-state index >= 15 is 0 Å². The van der Waals surface area contributed by atoms with Gasteiger partial charge in [-0.1, -0.05) is 55.3 Å². The van der Waals surface area contributed by atoms with Crippen LogP contribution in [0, 0.1) is 0 Å². The Morgan fingerprint density at radius 3 is 2.65 bits per heavy atom. The maximum Gasteiger partial charge on any atom is 0.333 e. The summed E-state index contributed by atoms with van der Waals surface area (Å²) < 4.78 is 8.90. The van der Waals surface area contributed by atoms with E-state index in [0.717, 1.165) is 47.2 Å². The van der Waals surface area contributed by atoms with Gasteiger partial charge in [0.05, 0.1) is 18.7 Å². The quantitative estimate of drug-likeness (QED) is 0.298. The highest BCUT2D eigenvalue weighted by molar-refractivity contribution is 6.32. The molecule has 0 saturated carbocycles. The van der Waals surface area contributed by atoms with Crippen molar-refractivity contribution in [3.05, 3.63) is 93.9 Å². The number of hydrogen-bond donors (Lipinski definition) is 1. The lowest BCUT2D eigenvalue weighted by Crippen LogP contribution is -2.25. The van der Waals surface area contributed by atoms with Crippen LogP contribution >= 0.6 is 11.6 Å². The Kier molecular flexibility index (Phi) is 7.14. The summed E-state index contributed by atoms with van der Waals surface area (Å²) in [6, 6.07) is 15.3. The normalized spacial score (nSPS) is 11.1. The molecule has 0 unspecified atom stereocenters. The largest absolute Gasteiger partial charge is 0.494 e. The number of tetrazole rings is 1. The first kappa shape index (κ1) is 24.5. The number of nitrogens with one attached hydrogen (secondary N) is 1. The minimum atomic E-state index is -0.158. The van der Waals surface area contributed by atoms with Crippen LogP contribution in [0.3, 0.4) is 0 Å². The molecule has 10 heteroatoms. The Hall–Kier alpha value is -4.24. The van der Waals surface area contributed by atoms with E-state index in [-0.39, 0.29) is 5.69 Å². The number of para-hydroxylation sites is 1. The standard InChI is InChI=1S/C27H26ClN7O2/c1-3-4-6-20-17-35(25-23(28)7-5-8-24(25)37-2)27(36)34(20)16-18-9-11-19(12-10-18)22-15-29-14-13-21(22)26-30-32-33-31-26/h5,7-15,17H,3-4,6,16H2,1-2H3,(H,30,31,32,33). The first-order valence-electron chi connectivity index (χ1n) is 12.0. The van der Waals surface area contributed by atoms with Crippen LogP contribution in [0.2, 0.25) is 5.02 Å². The lowest BCUT2D eigenvalue weighted by molar-refractivity contribution is 0.412. The van der Waals surface area contributed by atoms with E-state index in [1.807, 2.05) is 41.1 Å². The van der Waals surface area contributed by atoms with Crippen LogP contribution in [-0.2, 0) is 13.0 Å². The average molecular weight is 516 g/mol. The van der Waals surface area contributed by atoms with Gasteiger partial charge >= 0.3 is 5.69 Å².